The molecule has 0 bridgehead atoms. The number of amides is 1. The third kappa shape index (κ3) is 6.98. The molecule has 4 aromatic rings. The molecule has 0 radical (unpaired) electrons. The van der Waals surface area contributed by atoms with E-state index in [0.29, 0.717) is 40.2 Å². The van der Waals surface area contributed by atoms with Gasteiger partial charge in [-0.1, -0.05) is 60.1 Å². The first-order valence-corrected chi connectivity index (χ1v) is 12.6. The van der Waals surface area contributed by atoms with E-state index in [1.54, 1.807) is 31.5 Å². The second kappa shape index (κ2) is 12.2. The number of nitriles is 1. The molecule has 1 heterocycles. The number of benzene rings is 3. The summed E-state index contributed by atoms with van der Waals surface area (Å²) in [6, 6.07) is 22.9. The van der Waals surface area contributed by atoms with Crippen molar-refractivity contribution in [1.82, 2.24) is 4.98 Å². The van der Waals surface area contributed by atoms with Crippen LogP contribution >= 0.6 is 22.9 Å². The van der Waals surface area contributed by atoms with Crippen molar-refractivity contribution in [2.75, 3.05) is 12.4 Å². The molecule has 186 valence electrons. The first kappa shape index (κ1) is 26.0. The van der Waals surface area contributed by atoms with Gasteiger partial charge in [0.05, 0.1) is 7.11 Å². The van der Waals surface area contributed by atoms with Gasteiger partial charge < -0.3 is 9.47 Å². The summed E-state index contributed by atoms with van der Waals surface area (Å²) in [5.41, 5.74) is 3.68. The summed E-state index contributed by atoms with van der Waals surface area (Å²) >= 11 is 7.57. The number of aromatic nitrogens is 1. The number of hydrogen-bond acceptors (Lipinski definition) is 6. The van der Waals surface area contributed by atoms with Crippen molar-refractivity contribution in [1.29, 1.82) is 5.26 Å². The normalized spacial score (nSPS) is 11.0. The maximum absolute atomic E-state index is 12.8. The summed E-state index contributed by atoms with van der Waals surface area (Å²) in [4.78, 5) is 18.0. The van der Waals surface area contributed by atoms with Gasteiger partial charge in [-0.05, 0) is 53.5 Å². The van der Waals surface area contributed by atoms with Crippen LogP contribution in [0.4, 0.5) is 5.13 Å². The van der Waals surface area contributed by atoms with Crippen LogP contribution in [0.1, 0.15) is 27.1 Å². The van der Waals surface area contributed by atoms with E-state index < -0.39 is 5.91 Å². The Labute approximate surface area is 224 Å². The molecule has 0 aliphatic rings. The number of methoxy groups -OCH3 is 1. The van der Waals surface area contributed by atoms with Crippen LogP contribution in [0.25, 0.3) is 6.08 Å². The summed E-state index contributed by atoms with van der Waals surface area (Å²) in [6.07, 6.45) is 3.86. The molecule has 1 amide bonds. The zero-order valence-corrected chi connectivity index (χ0v) is 21.9. The van der Waals surface area contributed by atoms with Gasteiger partial charge >= 0.3 is 0 Å². The minimum absolute atomic E-state index is 0.0536. The number of ether oxygens (including phenoxy) is 2. The fourth-order valence-electron chi connectivity index (χ4n) is 3.50. The van der Waals surface area contributed by atoms with E-state index in [9.17, 15) is 10.1 Å². The molecule has 0 spiro atoms. The third-order valence-corrected chi connectivity index (χ3v) is 6.81. The average molecular weight is 530 g/mol. The number of halogens is 1. The molecule has 0 fully saturated rings. The lowest BCUT2D eigenvalue weighted by Gasteiger charge is -2.11. The van der Waals surface area contributed by atoms with Crippen LogP contribution in [0, 0.1) is 18.3 Å². The molecule has 1 N–H and O–H groups in total. The number of rotatable bonds is 9. The Bertz CT molecular complexity index is 1480. The van der Waals surface area contributed by atoms with E-state index in [4.69, 9.17) is 21.1 Å². The van der Waals surface area contributed by atoms with Crippen LogP contribution in [-0.2, 0) is 17.8 Å². The summed E-state index contributed by atoms with van der Waals surface area (Å²) in [7, 11) is 1.54. The maximum atomic E-state index is 12.8. The molecule has 6 nitrogen and oxygen atoms in total. The van der Waals surface area contributed by atoms with Crippen LogP contribution in [0.15, 0.2) is 78.5 Å². The lowest BCUT2D eigenvalue weighted by Crippen LogP contribution is -2.13. The minimum atomic E-state index is -0.537. The quantitative estimate of drug-likeness (QED) is 0.190. The summed E-state index contributed by atoms with van der Waals surface area (Å²) in [5, 5.41) is 13.5. The first-order valence-electron chi connectivity index (χ1n) is 11.4. The molecule has 1 aromatic heterocycles. The number of thiazole rings is 1. The highest BCUT2D eigenvalue weighted by atomic mass is 35.5. The second-order valence-electron chi connectivity index (χ2n) is 8.20. The number of nitrogens with zero attached hydrogens (tertiary/aromatic N) is 2. The summed E-state index contributed by atoms with van der Waals surface area (Å²) in [6.45, 7) is 2.35. The van der Waals surface area contributed by atoms with Crippen molar-refractivity contribution in [2.45, 2.75) is 20.0 Å². The molecule has 0 saturated heterocycles. The smallest absolute Gasteiger partial charge is 0.268 e. The number of anilines is 1. The van der Waals surface area contributed by atoms with Crippen molar-refractivity contribution in [2.24, 2.45) is 0 Å². The van der Waals surface area contributed by atoms with Gasteiger partial charge in [0, 0.05) is 22.5 Å². The second-order valence-corrected chi connectivity index (χ2v) is 9.72. The van der Waals surface area contributed by atoms with E-state index in [-0.39, 0.29) is 5.57 Å². The molecule has 0 aliphatic carbocycles. The highest BCUT2D eigenvalue weighted by Gasteiger charge is 2.14. The standard InChI is InChI=1S/C29H24ClN3O3S/c1-19-8-9-22(14-25(19)30)13-24-17-32-29(37-24)33-28(34)23(16-31)12-21-10-11-26(27(15-21)35-2)36-18-20-6-4-3-5-7-20/h3-12,14-15,17H,13,18H2,1-2H3,(H,32,33,34). The van der Waals surface area contributed by atoms with Gasteiger partial charge in [0.15, 0.2) is 16.6 Å². The molecule has 0 saturated carbocycles. The number of aryl methyl sites for hydroxylation is 1. The van der Waals surface area contributed by atoms with Crippen molar-refractivity contribution >= 4 is 40.1 Å². The van der Waals surface area contributed by atoms with Gasteiger partial charge in [-0.15, -0.1) is 11.3 Å². The highest BCUT2D eigenvalue weighted by molar-refractivity contribution is 7.15. The van der Waals surface area contributed by atoms with Crippen molar-refractivity contribution in [3.05, 3.63) is 111 Å². The van der Waals surface area contributed by atoms with Gasteiger partial charge in [-0.3, -0.25) is 10.1 Å². The van der Waals surface area contributed by atoms with Gasteiger partial charge in [0.1, 0.15) is 18.2 Å². The topological polar surface area (TPSA) is 84.2 Å². The van der Waals surface area contributed by atoms with Crippen LogP contribution in [-0.4, -0.2) is 18.0 Å². The van der Waals surface area contributed by atoms with E-state index in [1.807, 2.05) is 61.5 Å². The van der Waals surface area contributed by atoms with Crippen LogP contribution in [0.5, 0.6) is 11.5 Å². The van der Waals surface area contributed by atoms with E-state index in [2.05, 4.69) is 10.3 Å². The lowest BCUT2D eigenvalue weighted by atomic mass is 10.1. The van der Waals surface area contributed by atoms with Crippen molar-refractivity contribution in [3.8, 4) is 17.6 Å². The molecule has 0 unspecified atom stereocenters. The molecule has 8 heteroatoms. The number of carbonyl (C=O) groups is 1. The lowest BCUT2D eigenvalue weighted by molar-refractivity contribution is -0.112. The van der Waals surface area contributed by atoms with Crippen molar-refractivity contribution in [3.63, 3.8) is 0 Å². The predicted octanol–water partition coefficient (Wildman–Crippen LogP) is 6.83. The minimum Gasteiger partial charge on any atom is -0.493 e. The maximum Gasteiger partial charge on any atom is 0.268 e. The average Bonchev–Trinajstić information content (AvgIpc) is 3.35. The molecular weight excluding hydrogens is 506 g/mol. The molecule has 37 heavy (non-hydrogen) atoms. The fraction of sp³-hybridized carbons (Fsp3) is 0.138. The van der Waals surface area contributed by atoms with E-state index >= 15 is 0 Å². The van der Waals surface area contributed by atoms with Gasteiger partial charge in [-0.2, -0.15) is 5.26 Å². The Hall–Kier alpha value is -4.12. The molecule has 0 aliphatic heterocycles. The number of carbonyl (C=O) groups excluding carboxylic acids is 1. The van der Waals surface area contributed by atoms with E-state index in [1.165, 1.54) is 17.4 Å². The van der Waals surface area contributed by atoms with Crippen molar-refractivity contribution < 1.29 is 14.3 Å². The Morgan fingerprint density at radius 3 is 2.65 bits per heavy atom. The fourth-order valence-corrected chi connectivity index (χ4v) is 4.55. The SMILES string of the molecule is COc1cc(C=C(C#N)C(=O)Nc2ncc(Cc3ccc(C)c(Cl)c3)s2)ccc1OCc1ccccc1. The molecular formula is C29H24ClN3O3S. The van der Waals surface area contributed by atoms with Crippen LogP contribution < -0.4 is 14.8 Å². The Kier molecular flexibility index (Phi) is 8.57. The largest absolute Gasteiger partial charge is 0.493 e. The summed E-state index contributed by atoms with van der Waals surface area (Å²) in [5.74, 6) is 0.532. The molecule has 4 rings (SSSR count). The van der Waals surface area contributed by atoms with Gasteiger partial charge in [-0.25, -0.2) is 4.98 Å². The highest BCUT2D eigenvalue weighted by Crippen LogP contribution is 2.30. The van der Waals surface area contributed by atoms with Crippen LogP contribution in [0.2, 0.25) is 5.02 Å². The predicted molar refractivity (Wildman–Crippen MR) is 147 cm³/mol. The van der Waals surface area contributed by atoms with Crippen LogP contribution in [0.3, 0.4) is 0 Å². The molecule has 3 aromatic carbocycles. The zero-order chi connectivity index (χ0) is 26.2. The Morgan fingerprint density at radius 2 is 1.92 bits per heavy atom. The van der Waals surface area contributed by atoms with Gasteiger partial charge in [0.25, 0.3) is 5.91 Å². The Morgan fingerprint density at radius 1 is 1.11 bits per heavy atom. The van der Waals surface area contributed by atoms with E-state index in [0.717, 1.165) is 21.6 Å². The number of hydrogen-bond donors (Lipinski definition) is 1. The molecule has 0 atom stereocenters. The zero-order valence-electron chi connectivity index (χ0n) is 20.3. The Balaban J connectivity index is 1.42. The number of nitrogens with one attached hydrogen (secondary N) is 1. The summed E-state index contributed by atoms with van der Waals surface area (Å²) < 4.78 is 11.3. The first-order chi connectivity index (χ1) is 17.9. The third-order valence-electron chi connectivity index (χ3n) is 5.49. The monoisotopic (exact) mass is 529 g/mol. The van der Waals surface area contributed by atoms with Gasteiger partial charge in [0.2, 0.25) is 0 Å².